The van der Waals surface area contributed by atoms with Crippen LogP contribution in [0.2, 0.25) is 0 Å². The van der Waals surface area contributed by atoms with Gasteiger partial charge in [-0.3, -0.25) is 9.78 Å². The number of carbonyl (C=O) groups excluding carboxylic acids is 1. The van der Waals surface area contributed by atoms with Gasteiger partial charge in [0.05, 0.1) is 12.3 Å². The Labute approximate surface area is 132 Å². The molecule has 1 atom stereocenters. The summed E-state index contributed by atoms with van der Waals surface area (Å²) in [6, 6.07) is 6.56. The number of hydrogen-bond donors (Lipinski definition) is 1. The summed E-state index contributed by atoms with van der Waals surface area (Å²) in [4.78, 5) is 20.8. The topological polar surface area (TPSA) is 94.1 Å². The summed E-state index contributed by atoms with van der Waals surface area (Å²) in [5.41, 5.74) is 1.09. The number of pyridine rings is 1. The predicted octanol–water partition coefficient (Wildman–Crippen LogP) is 2.85. The van der Waals surface area contributed by atoms with Crippen LogP contribution in [0.15, 0.2) is 52.1 Å². The van der Waals surface area contributed by atoms with Gasteiger partial charge in [-0.1, -0.05) is 19.0 Å². The molecule has 0 saturated heterocycles. The first-order valence-corrected chi connectivity index (χ1v) is 7.22. The van der Waals surface area contributed by atoms with E-state index in [1.54, 1.807) is 36.7 Å². The zero-order chi connectivity index (χ0) is 16.2. The standard InChI is InChI=1S/C16H16N4O3/c1-10(2)14(15-18-9-23-20-15)19-16(21)11-5-6-17-12(8-11)13-4-3-7-22-13/h3-10,14H,1-2H3,(H,19,21). The van der Waals surface area contributed by atoms with Crippen LogP contribution in [-0.2, 0) is 0 Å². The van der Waals surface area contributed by atoms with E-state index in [4.69, 9.17) is 8.94 Å². The Morgan fingerprint density at radius 3 is 2.78 bits per heavy atom. The van der Waals surface area contributed by atoms with Gasteiger partial charge in [-0.2, -0.15) is 4.98 Å². The van der Waals surface area contributed by atoms with Crippen molar-refractivity contribution in [3.05, 3.63) is 54.5 Å². The van der Waals surface area contributed by atoms with E-state index in [2.05, 4.69) is 20.4 Å². The number of furan rings is 1. The molecule has 0 aliphatic heterocycles. The maximum absolute atomic E-state index is 12.5. The van der Waals surface area contributed by atoms with Crippen LogP contribution in [0.4, 0.5) is 0 Å². The zero-order valence-electron chi connectivity index (χ0n) is 12.8. The molecule has 0 fully saturated rings. The van der Waals surface area contributed by atoms with Gasteiger partial charge < -0.3 is 14.3 Å². The number of aromatic nitrogens is 3. The normalized spacial score (nSPS) is 12.3. The van der Waals surface area contributed by atoms with Crippen molar-refractivity contribution in [2.24, 2.45) is 5.92 Å². The van der Waals surface area contributed by atoms with Crippen molar-refractivity contribution in [2.75, 3.05) is 0 Å². The Kier molecular flexibility index (Phi) is 4.18. The average Bonchev–Trinajstić information content (AvgIpc) is 3.25. The van der Waals surface area contributed by atoms with E-state index in [1.807, 2.05) is 13.8 Å². The SMILES string of the molecule is CC(C)C(NC(=O)c1ccnc(-c2ccco2)c1)c1ncon1. The Balaban J connectivity index is 1.81. The molecular formula is C16H16N4O3. The fourth-order valence-electron chi connectivity index (χ4n) is 2.20. The number of nitrogens with one attached hydrogen (secondary N) is 1. The lowest BCUT2D eigenvalue weighted by atomic mass is 10.0. The van der Waals surface area contributed by atoms with Crippen LogP contribution in [0.5, 0.6) is 0 Å². The minimum Gasteiger partial charge on any atom is -0.463 e. The lowest BCUT2D eigenvalue weighted by Gasteiger charge is -2.19. The Morgan fingerprint density at radius 1 is 1.26 bits per heavy atom. The summed E-state index contributed by atoms with van der Waals surface area (Å²) >= 11 is 0. The van der Waals surface area contributed by atoms with Crippen molar-refractivity contribution in [3.8, 4) is 11.5 Å². The number of nitrogens with zero attached hydrogens (tertiary/aromatic N) is 3. The van der Waals surface area contributed by atoms with Crippen LogP contribution >= 0.6 is 0 Å². The molecule has 7 nitrogen and oxygen atoms in total. The van der Waals surface area contributed by atoms with E-state index >= 15 is 0 Å². The molecule has 0 aromatic carbocycles. The van der Waals surface area contributed by atoms with E-state index in [1.165, 1.54) is 6.39 Å². The van der Waals surface area contributed by atoms with Crippen molar-refractivity contribution in [1.29, 1.82) is 0 Å². The Morgan fingerprint density at radius 2 is 2.13 bits per heavy atom. The van der Waals surface area contributed by atoms with E-state index in [0.29, 0.717) is 22.8 Å². The van der Waals surface area contributed by atoms with Crippen LogP contribution in [0.25, 0.3) is 11.5 Å². The fourth-order valence-corrected chi connectivity index (χ4v) is 2.20. The predicted molar refractivity (Wildman–Crippen MR) is 81.3 cm³/mol. The third-order valence-electron chi connectivity index (χ3n) is 3.41. The molecule has 3 heterocycles. The van der Waals surface area contributed by atoms with E-state index in [-0.39, 0.29) is 17.9 Å². The van der Waals surface area contributed by atoms with Gasteiger partial charge in [0.2, 0.25) is 6.39 Å². The summed E-state index contributed by atoms with van der Waals surface area (Å²) in [7, 11) is 0. The fraction of sp³-hybridized carbons (Fsp3) is 0.250. The third-order valence-corrected chi connectivity index (χ3v) is 3.41. The minimum absolute atomic E-state index is 0.114. The molecule has 3 aromatic heterocycles. The Bertz CT molecular complexity index is 766. The highest BCUT2D eigenvalue weighted by atomic mass is 16.5. The highest BCUT2D eigenvalue weighted by Gasteiger charge is 2.23. The first kappa shape index (κ1) is 15.0. The van der Waals surface area contributed by atoms with Crippen LogP contribution < -0.4 is 5.32 Å². The van der Waals surface area contributed by atoms with Gasteiger partial charge in [-0.25, -0.2) is 0 Å². The Hall–Kier alpha value is -2.96. The highest BCUT2D eigenvalue weighted by molar-refractivity contribution is 5.95. The second kappa shape index (κ2) is 6.43. The smallest absolute Gasteiger partial charge is 0.252 e. The van der Waals surface area contributed by atoms with Crippen molar-refractivity contribution < 1.29 is 13.7 Å². The maximum atomic E-state index is 12.5. The van der Waals surface area contributed by atoms with Gasteiger partial charge in [-0.05, 0) is 30.2 Å². The molecule has 7 heteroatoms. The molecular weight excluding hydrogens is 296 g/mol. The zero-order valence-corrected chi connectivity index (χ0v) is 12.8. The molecule has 1 amide bonds. The van der Waals surface area contributed by atoms with E-state index in [0.717, 1.165) is 0 Å². The summed E-state index contributed by atoms with van der Waals surface area (Å²) in [5.74, 6) is 0.943. The molecule has 3 rings (SSSR count). The van der Waals surface area contributed by atoms with Crippen LogP contribution in [0, 0.1) is 5.92 Å². The largest absolute Gasteiger partial charge is 0.463 e. The summed E-state index contributed by atoms with van der Waals surface area (Å²) in [6.07, 6.45) is 4.39. The van der Waals surface area contributed by atoms with E-state index < -0.39 is 0 Å². The molecule has 118 valence electrons. The molecule has 0 bridgehead atoms. The molecule has 1 unspecified atom stereocenters. The molecule has 3 aromatic rings. The van der Waals surface area contributed by atoms with Crippen molar-refractivity contribution in [2.45, 2.75) is 19.9 Å². The first-order valence-electron chi connectivity index (χ1n) is 7.22. The number of amides is 1. The molecule has 1 N–H and O–H groups in total. The van der Waals surface area contributed by atoms with Crippen molar-refractivity contribution in [3.63, 3.8) is 0 Å². The second-order valence-electron chi connectivity index (χ2n) is 5.39. The monoisotopic (exact) mass is 312 g/mol. The van der Waals surface area contributed by atoms with Gasteiger partial charge in [0, 0.05) is 11.8 Å². The lowest BCUT2D eigenvalue weighted by molar-refractivity contribution is 0.0922. The summed E-state index contributed by atoms with van der Waals surface area (Å²) in [5, 5.41) is 6.74. The summed E-state index contributed by atoms with van der Waals surface area (Å²) in [6.45, 7) is 3.95. The molecule has 0 radical (unpaired) electrons. The molecule has 23 heavy (non-hydrogen) atoms. The average molecular weight is 312 g/mol. The second-order valence-corrected chi connectivity index (χ2v) is 5.39. The number of carbonyl (C=O) groups is 1. The van der Waals surface area contributed by atoms with Crippen LogP contribution in [0.3, 0.4) is 0 Å². The molecule has 0 spiro atoms. The van der Waals surface area contributed by atoms with Crippen LogP contribution in [-0.4, -0.2) is 21.0 Å². The van der Waals surface area contributed by atoms with E-state index in [9.17, 15) is 4.79 Å². The van der Waals surface area contributed by atoms with Gasteiger partial charge in [0.15, 0.2) is 11.6 Å². The quantitative estimate of drug-likeness (QED) is 0.778. The maximum Gasteiger partial charge on any atom is 0.252 e. The first-order chi connectivity index (χ1) is 11.1. The van der Waals surface area contributed by atoms with Gasteiger partial charge >= 0.3 is 0 Å². The van der Waals surface area contributed by atoms with Gasteiger partial charge in [0.25, 0.3) is 5.91 Å². The minimum atomic E-state index is -0.332. The van der Waals surface area contributed by atoms with Gasteiger partial charge in [-0.15, -0.1) is 0 Å². The lowest BCUT2D eigenvalue weighted by Crippen LogP contribution is -2.32. The van der Waals surface area contributed by atoms with Crippen molar-refractivity contribution in [1.82, 2.24) is 20.4 Å². The molecule has 0 aliphatic rings. The molecule has 0 aliphatic carbocycles. The third kappa shape index (κ3) is 3.28. The van der Waals surface area contributed by atoms with Crippen molar-refractivity contribution >= 4 is 5.91 Å². The van der Waals surface area contributed by atoms with Crippen LogP contribution in [0.1, 0.15) is 36.1 Å². The number of rotatable bonds is 5. The highest BCUT2D eigenvalue weighted by Crippen LogP contribution is 2.21. The summed E-state index contributed by atoms with van der Waals surface area (Å²) < 4.78 is 10.1. The van der Waals surface area contributed by atoms with Gasteiger partial charge in [0.1, 0.15) is 5.69 Å². The number of hydrogen-bond acceptors (Lipinski definition) is 6. The molecule has 0 saturated carbocycles.